The maximum atomic E-state index is 14.1. The first kappa shape index (κ1) is 15.1. The summed E-state index contributed by atoms with van der Waals surface area (Å²) < 4.78 is 19.2. The van der Waals surface area contributed by atoms with Gasteiger partial charge in [-0.05, 0) is 6.42 Å². The van der Waals surface area contributed by atoms with Gasteiger partial charge in [-0.3, -0.25) is 20.0 Å². The average molecular weight is 307 g/mol. The van der Waals surface area contributed by atoms with E-state index in [4.69, 9.17) is 22.1 Å². The number of nitrogens with two attached hydrogens (primary N) is 1. The Bertz CT molecular complexity index is 441. The van der Waals surface area contributed by atoms with Gasteiger partial charge >= 0.3 is 5.70 Å². The average Bonchev–Trinajstić information content (AvgIpc) is 2.30. The minimum absolute atomic E-state index is 0.243. The fourth-order valence-corrected chi connectivity index (χ4v) is 2.50. The molecule has 2 heterocycles. The van der Waals surface area contributed by atoms with Crippen molar-refractivity contribution in [3.05, 3.63) is 22.0 Å². The lowest BCUT2D eigenvalue weighted by molar-refractivity contribution is -0.414. The topological polar surface area (TPSA) is 94.0 Å². The van der Waals surface area contributed by atoms with Crippen molar-refractivity contribution in [3.63, 3.8) is 0 Å². The van der Waals surface area contributed by atoms with E-state index in [1.807, 2.05) is 4.90 Å². The molecule has 20 heavy (non-hydrogen) atoms. The number of halogens is 2. The van der Waals surface area contributed by atoms with Crippen molar-refractivity contribution in [1.82, 2.24) is 4.90 Å². The van der Waals surface area contributed by atoms with E-state index in [1.165, 1.54) is 0 Å². The number of alkyl halides is 1. The van der Waals surface area contributed by atoms with Crippen LogP contribution in [0.25, 0.3) is 0 Å². The third-order valence-corrected chi connectivity index (χ3v) is 3.81. The summed E-state index contributed by atoms with van der Waals surface area (Å²) in [5.74, 6) is 0. The minimum atomic E-state index is -1.20. The molecule has 0 aromatic carbocycles. The first-order valence-corrected chi connectivity index (χ1v) is 6.66. The quantitative estimate of drug-likeness (QED) is 0.464. The van der Waals surface area contributed by atoms with E-state index in [0.717, 1.165) is 6.20 Å². The molecule has 112 valence electrons. The number of ether oxygens (including phenoxy) is 1. The molecule has 0 radical (unpaired) electrons. The number of nitro groups is 1. The number of hydrogen-bond donors (Lipinski definition) is 1. The van der Waals surface area contributed by atoms with Gasteiger partial charge in [0.15, 0.2) is 0 Å². The Morgan fingerprint density at radius 2 is 2.30 bits per heavy atom. The number of rotatable bonds is 4. The predicted molar refractivity (Wildman–Crippen MR) is 72.0 cm³/mol. The summed E-state index contributed by atoms with van der Waals surface area (Å²) in [4.78, 5) is 15.8. The van der Waals surface area contributed by atoms with Gasteiger partial charge in [-0.1, -0.05) is 11.6 Å². The van der Waals surface area contributed by atoms with Crippen LogP contribution in [-0.2, 0) is 4.74 Å². The molecule has 2 saturated heterocycles. The summed E-state index contributed by atoms with van der Waals surface area (Å²) in [7, 11) is 0. The second-order valence-electron chi connectivity index (χ2n) is 4.79. The van der Waals surface area contributed by atoms with Gasteiger partial charge in [-0.2, -0.15) is 0 Å². The fourth-order valence-electron chi connectivity index (χ4n) is 2.24. The molecular weight excluding hydrogens is 291 g/mol. The van der Waals surface area contributed by atoms with Crippen LogP contribution in [0.4, 0.5) is 4.39 Å². The molecule has 0 spiro atoms. The van der Waals surface area contributed by atoms with Gasteiger partial charge < -0.3 is 10.5 Å². The molecule has 2 aliphatic rings. The normalized spacial score (nSPS) is 30.1. The van der Waals surface area contributed by atoms with Gasteiger partial charge in [0.2, 0.25) is 5.17 Å². The van der Waals surface area contributed by atoms with Crippen LogP contribution in [0.1, 0.15) is 6.42 Å². The van der Waals surface area contributed by atoms with E-state index in [2.05, 4.69) is 4.99 Å². The highest BCUT2D eigenvalue weighted by Crippen LogP contribution is 2.23. The highest BCUT2D eigenvalue weighted by Gasteiger charge is 2.35. The zero-order chi connectivity index (χ0) is 14.7. The zero-order valence-corrected chi connectivity index (χ0v) is 11.5. The molecule has 2 fully saturated rings. The number of allylic oxidation sites excluding steroid dienone is 1. The number of aliphatic imine (C=N–C) groups is 1. The molecular formula is C11H16ClFN4O3. The van der Waals surface area contributed by atoms with Crippen molar-refractivity contribution in [1.29, 1.82) is 0 Å². The Hall–Kier alpha value is -1.25. The summed E-state index contributed by atoms with van der Waals surface area (Å²) in [6.07, 6.45) is 0.0208. The number of nitrogens with zero attached hydrogens (tertiary/aromatic N) is 3. The van der Waals surface area contributed by atoms with Crippen molar-refractivity contribution < 1.29 is 14.1 Å². The summed E-state index contributed by atoms with van der Waals surface area (Å²) in [5, 5.41) is 10.3. The smallest absolute Gasteiger partial charge is 0.321 e. The molecule has 2 N–H and O–H groups in total. The van der Waals surface area contributed by atoms with E-state index < -0.39 is 22.8 Å². The van der Waals surface area contributed by atoms with E-state index in [-0.39, 0.29) is 17.8 Å². The maximum Gasteiger partial charge on any atom is 0.321 e. The Morgan fingerprint density at radius 3 is 2.75 bits per heavy atom. The monoisotopic (exact) mass is 306 g/mol. The second kappa shape index (κ2) is 6.47. The van der Waals surface area contributed by atoms with E-state index >= 15 is 0 Å². The Morgan fingerprint density at radius 1 is 1.60 bits per heavy atom. The largest absolute Gasteiger partial charge is 0.399 e. The van der Waals surface area contributed by atoms with Gasteiger partial charge in [0.1, 0.15) is 6.17 Å². The van der Waals surface area contributed by atoms with Crippen LogP contribution in [-0.4, -0.2) is 59.6 Å². The standard InChI is InChI=1S/C11H16ClFN4O3/c12-11(10(3-14)17(18)19)15-9-1-2-16(4-8(9)13)7-5-20-6-7/h3,7-9H,1-2,4-6,14H2/t8?,9-/m0/s1. The summed E-state index contributed by atoms with van der Waals surface area (Å²) >= 11 is 5.74. The van der Waals surface area contributed by atoms with Crippen molar-refractivity contribution in [2.24, 2.45) is 10.7 Å². The summed E-state index contributed by atoms with van der Waals surface area (Å²) in [5.41, 5.74) is 4.61. The SMILES string of the molecule is NC=C(C(Cl)=N[C@H]1CCN(C2COC2)CC1F)[N+](=O)[O-]. The van der Waals surface area contributed by atoms with Crippen molar-refractivity contribution in [2.45, 2.75) is 24.7 Å². The maximum absolute atomic E-state index is 14.1. The van der Waals surface area contributed by atoms with Crippen LogP contribution in [0.2, 0.25) is 0 Å². The van der Waals surface area contributed by atoms with Crippen LogP contribution >= 0.6 is 11.6 Å². The van der Waals surface area contributed by atoms with Crippen LogP contribution in [0.15, 0.2) is 16.9 Å². The number of likely N-dealkylation sites (tertiary alicyclic amines) is 1. The van der Waals surface area contributed by atoms with E-state index in [9.17, 15) is 14.5 Å². The Balaban J connectivity index is 1.98. The van der Waals surface area contributed by atoms with Crippen molar-refractivity contribution in [2.75, 3.05) is 26.3 Å². The third kappa shape index (κ3) is 3.25. The molecule has 0 saturated carbocycles. The molecule has 1 unspecified atom stereocenters. The van der Waals surface area contributed by atoms with Gasteiger partial charge in [-0.25, -0.2) is 4.39 Å². The lowest BCUT2D eigenvalue weighted by Crippen LogP contribution is -2.55. The number of piperidine rings is 1. The van der Waals surface area contributed by atoms with Crippen LogP contribution < -0.4 is 5.73 Å². The lowest BCUT2D eigenvalue weighted by atomic mass is 10.0. The molecule has 0 aliphatic carbocycles. The molecule has 0 aromatic rings. The third-order valence-electron chi connectivity index (χ3n) is 3.52. The number of hydrogen-bond acceptors (Lipinski definition) is 6. The van der Waals surface area contributed by atoms with Crippen molar-refractivity contribution >= 4 is 16.8 Å². The summed E-state index contributed by atoms with van der Waals surface area (Å²) in [6.45, 7) is 2.17. The molecule has 0 bridgehead atoms. The van der Waals surface area contributed by atoms with Gasteiger partial charge in [0.05, 0.1) is 36.4 Å². The Labute approximate surface area is 120 Å². The second-order valence-corrected chi connectivity index (χ2v) is 5.15. The molecule has 0 amide bonds. The van der Waals surface area contributed by atoms with Crippen LogP contribution in [0.3, 0.4) is 0 Å². The molecule has 9 heteroatoms. The predicted octanol–water partition coefficient (Wildman–Crippen LogP) is 0.512. The van der Waals surface area contributed by atoms with Crippen LogP contribution in [0.5, 0.6) is 0 Å². The molecule has 7 nitrogen and oxygen atoms in total. The molecule has 0 aromatic heterocycles. The Kier molecular flexibility index (Phi) is 4.90. The first-order chi connectivity index (χ1) is 9.52. The zero-order valence-electron chi connectivity index (χ0n) is 10.7. The van der Waals surface area contributed by atoms with E-state index in [0.29, 0.717) is 26.2 Å². The lowest BCUT2D eigenvalue weighted by Gasteiger charge is -2.41. The fraction of sp³-hybridized carbons (Fsp3) is 0.727. The van der Waals surface area contributed by atoms with Crippen LogP contribution in [0, 0.1) is 10.1 Å². The highest BCUT2D eigenvalue weighted by molar-refractivity contribution is 6.69. The van der Waals surface area contributed by atoms with Crippen molar-refractivity contribution in [3.8, 4) is 0 Å². The molecule has 2 atom stereocenters. The first-order valence-electron chi connectivity index (χ1n) is 6.28. The minimum Gasteiger partial charge on any atom is -0.399 e. The molecule has 2 aliphatic heterocycles. The van der Waals surface area contributed by atoms with E-state index in [1.54, 1.807) is 0 Å². The molecule has 2 rings (SSSR count). The highest BCUT2D eigenvalue weighted by atomic mass is 35.5. The van der Waals surface area contributed by atoms with Gasteiger partial charge in [-0.15, -0.1) is 0 Å². The summed E-state index contributed by atoms with van der Waals surface area (Å²) in [6, 6.07) is -0.401. The van der Waals surface area contributed by atoms with Gasteiger partial charge in [0, 0.05) is 13.1 Å². The van der Waals surface area contributed by atoms with Gasteiger partial charge in [0.25, 0.3) is 0 Å².